The molecule has 0 amide bonds. The number of pyridine rings is 1. The Balaban J connectivity index is 1.96. The second-order valence-corrected chi connectivity index (χ2v) is 4.43. The van der Waals surface area contributed by atoms with Crippen LogP contribution in [0.4, 0.5) is 5.69 Å². The molecule has 1 aliphatic rings. The number of hydrogen-bond donors (Lipinski definition) is 1. The lowest BCUT2D eigenvalue weighted by molar-refractivity contribution is 0.261. The maximum absolute atomic E-state index is 4.20. The van der Waals surface area contributed by atoms with Crippen LogP contribution in [0.15, 0.2) is 18.3 Å². The molecule has 0 spiro atoms. The summed E-state index contributed by atoms with van der Waals surface area (Å²) in [7, 11) is 2.19. The van der Waals surface area contributed by atoms with Gasteiger partial charge in [0.15, 0.2) is 0 Å². The van der Waals surface area contributed by atoms with E-state index in [0.29, 0.717) is 6.04 Å². The first-order valence-electron chi connectivity index (χ1n) is 5.62. The molecule has 3 nitrogen and oxygen atoms in total. The van der Waals surface area contributed by atoms with Crippen LogP contribution in [0.5, 0.6) is 0 Å². The second-order valence-electron chi connectivity index (χ2n) is 4.43. The smallest absolute Gasteiger partial charge is 0.0393 e. The van der Waals surface area contributed by atoms with E-state index in [9.17, 15) is 0 Å². The highest BCUT2D eigenvalue weighted by atomic mass is 15.1. The zero-order valence-corrected chi connectivity index (χ0v) is 9.53. The van der Waals surface area contributed by atoms with E-state index in [4.69, 9.17) is 0 Å². The van der Waals surface area contributed by atoms with Crippen molar-refractivity contribution in [3.05, 3.63) is 24.0 Å². The Morgan fingerprint density at radius 1 is 1.53 bits per heavy atom. The Labute approximate surface area is 91.5 Å². The van der Waals surface area contributed by atoms with Crippen molar-refractivity contribution in [1.82, 2.24) is 9.88 Å². The number of nitrogens with zero attached hydrogens (tertiary/aromatic N) is 2. The van der Waals surface area contributed by atoms with E-state index in [2.05, 4.69) is 28.3 Å². The zero-order valence-electron chi connectivity index (χ0n) is 9.53. The van der Waals surface area contributed by atoms with Crippen molar-refractivity contribution in [2.24, 2.45) is 0 Å². The number of rotatable bonds is 2. The summed E-state index contributed by atoms with van der Waals surface area (Å²) in [5.74, 6) is 0. The number of piperidine rings is 1. The Morgan fingerprint density at radius 2 is 2.40 bits per heavy atom. The summed E-state index contributed by atoms with van der Waals surface area (Å²) in [5, 5.41) is 3.57. The Morgan fingerprint density at radius 3 is 3.13 bits per heavy atom. The molecule has 3 heteroatoms. The highest BCUT2D eigenvalue weighted by Gasteiger charge is 2.16. The van der Waals surface area contributed by atoms with Crippen LogP contribution in [0.25, 0.3) is 0 Å². The second kappa shape index (κ2) is 4.62. The minimum atomic E-state index is 0.588. The van der Waals surface area contributed by atoms with Crippen molar-refractivity contribution in [2.45, 2.75) is 25.8 Å². The molecule has 15 heavy (non-hydrogen) atoms. The minimum Gasteiger partial charge on any atom is -0.381 e. The molecular formula is C12H19N3. The Kier molecular flexibility index (Phi) is 3.21. The maximum atomic E-state index is 4.20. The van der Waals surface area contributed by atoms with E-state index in [1.54, 1.807) is 0 Å². The molecule has 0 bridgehead atoms. The average Bonchev–Trinajstić information content (AvgIpc) is 2.17. The van der Waals surface area contributed by atoms with Crippen molar-refractivity contribution in [3.63, 3.8) is 0 Å². The molecule has 1 aliphatic heterocycles. The molecular weight excluding hydrogens is 186 g/mol. The first kappa shape index (κ1) is 10.4. The van der Waals surface area contributed by atoms with Crippen molar-refractivity contribution in [2.75, 3.05) is 25.5 Å². The highest BCUT2D eigenvalue weighted by Crippen LogP contribution is 2.15. The van der Waals surface area contributed by atoms with E-state index >= 15 is 0 Å². The third kappa shape index (κ3) is 2.93. The number of anilines is 1. The summed E-state index contributed by atoms with van der Waals surface area (Å²) < 4.78 is 0. The van der Waals surface area contributed by atoms with Gasteiger partial charge in [-0.25, -0.2) is 0 Å². The molecule has 1 unspecified atom stereocenters. The van der Waals surface area contributed by atoms with Gasteiger partial charge in [-0.2, -0.15) is 0 Å². The fraction of sp³-hybridized carbons (Fsp3) is 0.583. The molecule has 1 N–H and O–H groups in total. The van der Waals surface area contributed by atoms with Crippen LogP contribution in [0.3, 0.4) is 0 Å². The van der Waals surface area contributed by atoms with Crippen molar-refractivity contribution in [3.8, 4) is 0 Å². The van der Waals surface area contributed by atoms with Crippen LogP contribution in [0, 0.1) is 6.92 Å². The van der Waals surface area contributed by atoms with E-state index in [0.717, 1.165) is 12.2 Å². The normalized spacial score (nSPS) is 22.7. The van der Waals surface area contributed by atoms with Crippen LogP contribution in [-0.4, -0.2) is 36.1 Å². The monoisotopic (exact) mass is 205 g/mol. The molecule has 0 radical (unpaired) electrons. The van der Waals surface area contributed by atoms with Gasteiger partial charge in [0.1, 0.15) is 0 Å². The van der Waals surface area contributed by atoms with Gasteiger partial charge in [0.05, 0.1) is 0 Å². The number of likely N-dealkylation sites (tertiary alicyclic amines) is 1. The zero-order chi connectivity index (χ0) is 10.7. The summed E-state index contributed by atoms with van der Waals surface area (Å²) in [6, 6.07) is 4.74. The van der Waals surface area contributed by atoms with Gasteiger partial charge in [0.25, 0.3) is 0 Å². The topological polar surface area (TPSA) is 28.2 Å². The van der Waals surface area contributed by atoms with Crippen molar-refractivity contribution in [1.29, 1.82) is 0 Å². The number of hydrogen-bond acceptors (Lipinski definition) is 3. The summed E-state index contributed by atoms with van der Waals surface area (Å²) in [6.45, 7) is 4.40. The summed E-state index contributed by atoms with van der Waals surface area (Å²) in [6.07, 6.45) is 4.42. The molecule has 2 rings (SSSR count). The average molecular weight is 205 g/mol. The Bertz CT molecular complexity index is 324. The molecule has 82 valence electrons. The number of nitrogens with one attached hydrogen (secondary N) is 1. The first-order chi connectivity index (χ1) is 7.24. The maximum Gasteiger partial charge on any atom is 0.0393 e. The fourth-order valence-corrected chi connectivity index (χ4v) is 2.16. The highest BCUT2D eigenvalue weighted by molar-refractivity contribution is 5.44. The third-order valence-electron chi connectivity index (χ3n) is 2.89. The molecule has 0 aliphatic carbocycles. The lowest BCUT2D eigenvalue weighted by Crippen LogP contribution is -2.39. The quantitative estimate of drug-likeness (QED) is 0.799. The molecule has 0 saturated carbocycles. The molecule has 0 aromatic carbocycles. The van der Waals surface area contributed by atoms with E-state index < -0.39 is 0 Å². The predicted molar refractivity (Wildman–Crippen MR) is 63.1 cm³/mol. The Hall–Kier alpha value is -1.09. The summed E-state index contributed by atoms with van der Waals surface area (Å²) >= 11 is 0. The van der Waals surface area contributed by atoms with Crippen LogP contribution >= 0.6 is 0 Å². The van der Waals surface area contributed by atoms with Gasteiger partial charge in [0, 0.05) is 30.2 Å². The number of likely N-dealkylation sites (N-methyl/N-ethyl adjacent to an activating group) is 1. The van der Waals surface area contributed by atoms with Gasteiger partial charge in [-0.05, 0) is 45.5 Å². The molecule has 1 aromatic heterocycles. The standard InChI is InChI=1S/C12H19N3/c1-10-8-11(5-6-13-10)14-12-4-3-7-15(2)9-12/h5-6,8,12H,3-4,7,9H2,1-2H3,(H,13,14). The van der Waals surface area contributed by atoms with Crippen molar-refractivity contribution < 1.29 is 0 Å². The van der Waals surface area contributed by atoms with E-state index in [-0.39, 0.29) is 0 Å². The third-order valence-corrected chi connectivity index (χ3v) is 2.89. The minimum absolute atomic E-state index is 0.588. The molecule has 1 atom stereocenters. The molecule has 1 saturated heterocycles. The van der Waals surface area contributed by atoms with Gasteiger partial charge >= 0.3 is 0 Å². The molecule has 1 fully saturated rings. The fourth-order valence-electron chi connectivity index (χ4n) is 2.16. The molecule has 1 aromatic rings. The largest absolute Gasteiger partial charge is 0.381 e. The summed E-state index contributed by atoms with van der Waals surface area (Å²) in [5.41, 5.74) is 2.27. The van der Waals surface area contributed by atoms with Gasteiger partial charge in [-0.3, -0.25) is 4.98 Å². The van der Waals surface area contributed by atoms with Crippen LogP contribution in [0.2, 0.25) is 0 Å². The first-order valence-corrected chi connectivity index (χ1v) is 5.62. The predicted octanol–water partition coefficient (Wildman–Crippen LogP) is 1.90. The van der Waals surface area contributed by atoms with E-state index in [1.165, 1.54) is 25.1 Å². The van der Waals surface area contributed by atoms with Gasteiger partial charge in [0.2, 0.25) is 0 Å². The van der Waals surface area contributed by atoms with Gasteiger partial charge < -0.3 is 10.2 Å². The van der Waals surface area contributed by atoms with Gasteiger partial charge in [-0.15, -0.1) is 0 Å². The van der Waals surface area contributed by atoms with Gasteiger partial charge in [-0.1, -0.05) is 0 Å². The van der Waals surface area contributed by atoms with Crippen LogP contribution < -0.4 is 5.32 Å². The molecule has 2 heterocycles. The SMILES string of the molecule is Cc1cc(NC2CCCN(C)C2)ccn1. The lowest BCUT2D eigenvalue weighted by Gasteiger charge is -2.30. The van der Waals surface area contributed by atoms with Crippen molar-refractivity contribution >= 4 is 5.69 Å². The number of aromatic nitrogens is 1. The summed E-state index contributed by atoms with van der Waals surface area (Å²) in [4.78, 5) is 6.58. The van der Waals surface area contributed by atoms with E-state index in [1.807, 2.05) is 19.2 Å². The lowest BCUT2D eigenvalue weighted by atomic mass is 10.1. The number of aryl methyl sites for hydroxylation is 1. The van der Waals surface area contributed by atoms with Crippen LogP contribution in [-0.2, 0) is 0 Å². The van der Waals surface area contributed by atoms with Crippen LogP contribution in [0.1, 0.15) is 18.5 Å².